The lowest BCUT2D eigenvalue weighted by atomic mass is 9.94. The molecule has 0 aromatic heterocycles. The Labute approximate surface area is 110 Å². The summed E-state index contributed by atoms with van der Waals surface area (Å²) in [7, 11) is 2.23. The van der Waals surface area contributed by atoms with E-state index in [-0.39, 0.29) is 0 Å². The molecule has 2 heteroatoms. The zero-order valence-corrected chi connectivity index (χ0v) is 11.5. The number of nitrogens with zero attached hydrogens (tertiary/aromatic N) is 1. The molecule has 1 aromatic rings. The fourth-order valence-electron chi connectivity index (χ4n) is 3.89. The summed E-state index contributed by atoms with van der Waals surface area (Å²) in [5.41, 5.74) is 2.75. The number of aryl methyl sites for hydroxylation is 1. The average molecular weight is 244 g/mol. The number of fused-ring (bicyclic) bond motifs is 1. The van der Waals surface area contributed by atoms with E-state index < -0.39 is 0 Å². The normalized spacial score (nSPS) is 30.4. The predicted octanol–water partition coefficient (Wildman–Crippen LogP) is 2.82. The molecule has 2 nitrogen and oxygen atoms in total. The summed E-state index contributed by atoms with van der Waals surface area (Å²) in [6, 6.07) is 9.39. The van der Waals surface area contributed by atoms with Gasteiger partial charge in [-0.25, -0.2) is 0 Å². The summed E-state index contributed by atoms with van der Waals surface area (Å²) in [6.07, 6.45) is 4.33. The van der Waals surface area contributed by atoms with Crippen molar-refractivity contribution in [3.63, 3.8) is 0 Å². The molecular weight excluding hydrogens is 220 g/mol. The Kier molecular flexibility index (Phi) is 3.29. The van der Waals surface area contributed by atoms with Crippen LogP contribution in [-0.2, 0) is 0 Å². The number of hydrogen-bond donors (Lipinski definition) is 1. The van der Waals surface area contributed by atoms with Crippen LogP contribution in [0.5, 0.6) is 0 Å². The first kappa shape index (κ1) is 12.0. The summed E-state index contributed by atoms with van der Waals surface area (Å²) >= 11 is 0. The number of rotatable bonds is 3. The van der Waals surface area contributed by atoms with Gasteiger partial charge in [0.05, 0.1) is 0 Å². The van der Waals surface area contributed by atoms with Crippen LogP contribution in [0.3, 0.4) is 0 Å². The molecule has 0 bridgehead atoms. The maximum atomic E-state index is 3.74. The van der Waals surface area contributed by atoms with E-state index in [0.717, 1.165) is 18.4 Å². The summed E-state index contributed by atoms with van der Waals surface area (Å²) < 4.78 is 0. The quantitative estimate of drug-likeness (QED) is 0.879. The molecule has 0 spiro atoms. The lowest BCUT2D eigenvalue weighted by Crippen LogP contribution is -2.39. The minimum atomic E-state index is 0.696. The standard InChI is InChI=1S/C16H24N2/c1-12-6-3-4-9-16(12)18(2)11-15-14-8-5-7-13(14)10-17-15/h3-4,6,9,13-15,17H,5,7-8,10-11H2,1-2H3. The number of para-hydroxylation sites is 1. The Bertz CT molecular complexity index is 415. The molecule has 1 saturated carbocycles. The minimum Gasteiger partial charge on any atom is -0.373 e. The summed E-state index contributed by atoms with van der Waals surface area (Å²) in [5, 5.41) is 3.74. The Morgan fingerprint density at radius 3 is 2.94 bits per heavy atom. The van der Waals surface area contributed by atoms with Crippen LogP contribution in [-0.4, -0.2) is 26.2 Å². The van der Waals surface area contributed by atoms with Gasteiger partial charge in [0.1, 0.15) is 0 Å². The van der Waals surface area contributed by atoms with Gasteiger partial charge in [-0.3, -0.25) is 0 Å². The van der Waals surface area contributed by atoms with Gasteiger partial charge >= 0.3 is 0 Å². The third-order valence-electron chi connectivity index (χ3n) is 4.87. The van der Waals surface area contributed by atoms with Crippen molar-refractivity contribution in [1.82, 2.24) is 5.32 Å². The molecule has 1 saturated heterocycles. The first-order chi connectivity index (χ1) is 8.75. The van der Waals surface area contributed by atoms with Crippen LogP contribution >= 0.6 is 0 Å². The third kappa shape index (κ3) is 2.14. The maximum Gasteiger partial charge on any atom is 0.0393 e. The number of anilines is 1. The van der Waals surface area contributed by atoms with Gasteiger partial charge in [-0.1, -0.05) is 24.6 Å². The van der Waals surface area contributed by atoms with Crippen LogP contribution < -0.4 is 10.2 Å². The molecule has 1 heterocycles. The highest BCUT2D eigenvalue weighted by molar-refractivity contribution is 5.52. The minimum absolute atomic E-state index is 0.696. The van der Waals surface area contributed by atoms with E-state index in [1.54, 1.807) is 0 Å². The highest BCUT2D eigenvalue weighted by Gasteiger charge is 2.39. The highest BCUT2D eigenvalue weighted by atomic mass is 15.1. The second-order valence-electron chi connectivity index (χ2n) is 6.04. The molecule has 98 valence electrons. The SMILES string of the molecule is Cc1ccccc1N(C)CC1NCC2CCCC21. The lowest BCUT2D eigenvalue weighted by molar-refractivity contribution is 0.413. The smallest absolute Gasteiger partial charge is 0.0393 e. The van der Waals surface area contributed by atoms with Gasteiger partial charge in [-0.05, 0) is 49.8 Å². The van der Waals surface area contributed by atoms with E-state index in [9.17, 15) is 0 Å². The fraction of sp³-hybridized carbons (Fsp3) is 0.625. The van der Waals surface area contributed by atoms with Gasteiger partial charge in [-0.15, -0.1) is 0 Å². The molecular formula is C16H24N2. The predicted molar refractivity (Wildman–Crippen MR) is 77.1 cm³/mol. The van der Waals surface area contributed by atoms with Gasteiger partial charge in [0, 0.05) is 25.3 Å². The molecule has 2 fully saturated rings. The molecule has 18 heavy (non-hydrogen) atoms. The number of nitrogens with one attached hydrogen (secondary N) is 1. The fourth-order valence-corrected chi connectivity index (χ4v) is 3.89. The molecule has 1 aliphatic carbocycles. The van der Waals surface area contributed by atoms with Crippen molar-refractivity contribution < 1.29 is 0 Å². The Balaban J connectivity index is 1.68. The highest BCUT2D eigenvalue weighted by Crippen LogP contribution is 2.38. The van der Waals surface area contributed by atoms with E-state index in [4.69, 9.17) is 0 Å². The second-order valence-corrected chi connectivity index (χ2v) is 6.04. The van der Waals surface area contributed by atoms with Crippen LogP contribution in [0.2, 0.25) is 0 Å². The largest absolute Gasteiger partial charge is 0.373 e. The Morgan fingerprint density at radius 1 is 1.28 bits per heavy atom. The number of likely N-dealkylation sites (N-methyl/N-ethyl adjacent to an activating group) is 1. The molecule has 1 aromatic carbocycles. The van der Waals surface area contributed by atoms with Crippen LogP contribution in [0.4, 0.5) is 5.69 Å². The van der Waals surface area contributed by atoms with Crippen molar-refractivity contribution in [2.75, 3.05) is 25.0 Å². The lowest BCUT2D eigenvalue weighted by Gasteiger charge is -2.27. The summed E-state index contributed by atoms with van der Waals surface area (Å²) in [6.45, 7) is 4.59. The molecule has 1 N–H and O–H groups in total. The van der Waals surface area contributed by atoms with Gasteiger partial charge in [-0.2, -0.15) is 0 Å². The van der Waals surface area contributed by atoms with E-state index in [0.29, 0.717) is 6.04 Å². The molecule has 3 rings (SSSR count). The molecule has 3 unspecified atom stereocenters. The van der Waals surface area contributed by atoms with E-state index in [1.165, 1.54) is 37.1 Å². The monoisotopic (exact) mass is 244 g/mol. The first-order valence-electron chi connectivity index (χ1n) is 7.26. The topological polar surface area (TPSA) is 15.3 Å². The molecule has 0 amide bonds. The third-order valence-corrected chi connectivity index (χ3v) is 4.87. The van der Waals surface area contributed by atoms with Crippen molar-refractivity contribution in [3.05, 3.63) is 29.8 Å². The molecule has 0 radical (unpaired) electrons. The van der Waals surface area contributed by atoms with Crippen molar-refractivity contribution in [3.8, 4) is 0 Å². The van der Waals surface area contributed by atoms with E-state index >= 15 is 0 Å². The first-order valence-corrected chi connectivity index (χ1v) is 7.26. The Morgan fingerprint density at radius 2 is 2.11 bits per heavy atom. The van der Waals surface area contributed by atoms with Gasteiger partial charge < -0.3 is 10.2 Å². The van der Waals surface area contributed by atoms with E-state index in [1.807, 2.05) is 0 Å². The van der Waals surface area contributed by atoms with Crippen molar-refractivity contribution >= 4 is 5.69 Å². The molecule has 1 aliphatic heterocycles. The molecule has 3 atom stereocenters. The van der Waals surface area contributed by atoms with Crippen molar-refractivity contribution in [1.29, 1.82) is 0 Å². The van der Waals surface area contributed by atoms with Crippen LogP contribution in [0.15, 0.2) is 24.3 Å². The molecule has 2 aliphatic rings. The van der Waals surface area contributed by atoms with Crippen molar-refractivity contribution in [2.45, 2.75) is 32.2 Å². The number of hydrogen-bond acceptors (Lipinski definition) is 2. The van der Waals surface area contributed by atoms with Gasteiger partial charge in [0.2, 0.25) is 0 Å². The van der Waals surface area contributed by atoms with Crippen LogP contribution in [0.1, 0.15) is 24.8 Å². The maximum absolute atomic E-state index is 3.74. The second kappa shape index (κ2) is 4.93. The van der Waals surface area contributed by atoms with Crippen molar-refractivity contribution in [2.24, 2.45) is 11.8 Å². The van der Waals surface area contributed by atoms with Gasteiger partial charge in [0.25, 0.3) is 0 Å². The average Bonchev–Trinajstić information content (AvgIpc) is 2.94. The van der Waals surface area contributed by atoms with E-state index in [2.05, 4.69) is 48.5 Å². The van der Waals surface area contributed by atoms with Gasteiger partial charge in [0.15, 0.2) is 0 Å². The summed E-state index contributed by atoms with van der Waals surface area (Å²) in [5.74, 6) is 1.89. The summed E-state index contributed by atoms with van der Waals surface area (Å²) in [4.78, 5) is 2.42. The van der Waals surface area contributed by atoms with Crippen LogP contribution in [0.25, 0.3) is 0 Å². The number of benzene rings is 1. The zero-order valence-electron chi connectivity index (χ0n) is 11.5. The zero-order chi connectivity index (χ0) is 12.5. The Hall–Kier alpha value is -1.02. The van der Waals surface area contributed by atoms with Crippen LogP contribution in [0, 0.1) is 18.8 Å².